The van der Waals surface area contributed by atoms with Crippen LogP contribution in [0.3, 0.4) is 0 Å². The predicted molar refractivity (Wildman–Crippen MR) is 67.5 cm³/mol. The molecule has 3 N–H and O–H groups in total. The Bertz CT molecular complexity index is 493. The van der Waals surface area contributed by atoms with Gasteiger partial charge in [0, 0.05) is 6.54 Å². The molecule has 0 aliphatic heterocycles. The zero-order valence-corrected chi connectivity index (χ0v) is 10.1. The first-order valence-electron chi connectivity index (χ1n) is 5.89. The Hall–Kier alpha value is -1.62. The van der Waals surface area contributed by atoms with E-state index < -0.39 is 0 Å². The van der Waals surface area contributed by atoms with Crippen LogP contribution in [0.4, 0.5) is 0 Å². The molecule has 0 saturated heterocycles. The van der Waals surface area contributed by atoms with Gasteiger partial charge in [-0.2, -0.15) is 0 Å². The van der Waals surface area contributed by atoms with E-state index in [2.05, 4.69) is 5.32 Å². The van der Waals surface area contributed by atoms with Gasteiger partial charge >= 0.3 is 0 Å². The van der Waals surface area contributed by atoms with E-state index in [0.29, 0.717) is 18.8 Å². The van der Waals surface area contributed by atoms with E-state index in [4.69, 9.17) is 14.6 Å². The molecule has 0 unspecified atom stereocenters. The molecule has 96 valence electrons. The maximum absolute atomic E-state index is 9.04. The summed E-state index contributed by atoms with van der Waals surface area (Å²) in [6.07, 6.45) is 0. The minimum Gasteiger partial charge on any atom is -0.462 e. The monoisotopic (exact) mass is 247 g/mol. The van der Waals surface area contributed by atoms with Crippen molar-refractivity contribution in [2.75, 3.05) is 0 Å². The number of aliphatic hydroxyl groups excluding tert-OH is 2. The fourth-order valence-electron chi connectivity index (χ4n) is 1.77. The average molecular weight is 247 g/mol. The summed E-state index contributed by atoms with van der Waals surface area (Å²) in [5.41, 5.74) is 2.03. The highest BCUT2D eigenvalue weighted by atomic mass is 16.4. The lowest BCUT2D eigenvalue weighted by atomic mass is 10.1. The molecule has 2 aromatic rings. The Morgan fingerprint density at radius 3 is 2.39 bits per heavy atom. The predicted octanol–water partition coefficient (Wildman–Crippen LogP) is 1.55. The summed E-state index contributed by atoms with van der Waals surface area (Å²) < 4.78 is 5.36. The van der Waals surface area contributed by atoms with Gasteiger partial charge in [-0.1, -0.05) is 24.3 Å². The van der Waals surface area contributed by atoms with Gasteiger partial charge in [-0.15, -0.1) is 0 Å². The molecule has 0 amide bonds. The van der Waals surface area contributed by atoms with E-state index >= 15 is 0 Å². The normalized spacial score (nSPS) is 10.8. The third-order valence-electron chi connectivity index (χ3n) is 2.68. The van der Waals surface area contributed by atoms with Crippen LogP contribution in [0.1, 0.15) is 22.6 Å². The van der Waals surface area contributed by atoms with Gasteiger partial charge in [0.1, 0.15) is 18.1 Å². The number of rotatable bonds is 6. The van der Waals surface area contributed by atoms with Crippen molar-refractivity contribution >= 4 is 0 Å². The molecule has 4 nitrogen and oxygen atoms in total. The fraction of sp³-hybridized carbons (Fsp3) is 0.286. The number of hydrogen-bond donors (Lipinski definition) is 3. The highest BCUT2D eigenvalue weighted by Crippen LogP contribution is 2.08. The zero-order chi connectivity index (χ0) is 12.8. The van der Waals surface area contributed by atoms with Gasteiger partial charge < -0.3 is 19.9 Å². The lowest BCUT2D eigenvalue weighted by Gasteiger charge is -2.04. The van der Waals surface area contributed by atoms with Gasteiger partial charge in [-0.05, 0) is 23.3 Å². The van der Waals surface area contributed by atoms with Gasteiger partial charge in [0.15, 0.2) is 0 Å². The van der Waals surface area contributed by atoms with E-state index in [1.165, 1.54) is 0 Å². The SMILES string of the molecule is OCc1cccc(CNCc2ccc(CO)o2)c1. The van der Waals surface area contributed by atoms with Crippen molar-refractivity contribution in [3.05, 3.63) is 59.0 Å². The molecule has 0 spiro atoms. The van der Waals surface area contributed by atoms with Crippen LogP contribution in [0.25, 0.3) is 0 Å². The second-order valence-electron chi connectivity index (χ2n) is 4.11. The molecule has 1 aromatic heterocycles. The maximum Gasteiger partial charge on any atom is 0.129 e. The molecule has 0 atom stereocenters. The van der Waals surface area contributed by atoms with Gasteiger partial charge in [-0.3, -0.25) is 0 Å². The molecule has 0 bridgehead atoms. The van der Waals surface area contributed by atoms with E-state index in [9.17, 15) is 0 Å². The second kappa shape index (κ2) is 6.35. The third-order valence-corrected chi connectivity index (χ3v) is 2.68. The largest absolute Gasteiger partial charge is 0.462 e. The van der Waals surface area contributed by atoms with Gasteiger partial charge in [0.2, 0.25) is 0 Å². The summed E-state index contributed by atoms with van der Waals surface area (Å²) in [4.78, 5) is 0. The van der Waals surface area contributed by atoms with Crippen molar-refractivity contribution in [2.24, 2.45) is 0 Å². The maximum atomic E-state index is 9.04. The minimum absolute atomic E-state index is 0.0614. The van der Waals surface area contributed by atoms with Crippen LogP contribution in [0.2, 0.25) is 0 Å². The number of furan rings is 1. The van der Waals surface area contributed by atoms with Gasteiger partial charge in [0.25, 0.3) is 0 Å². The van der Waals surface area contributed by atoms with Crippen molar-refractivity contribution in [3.63, 3.8) is 0 Å². The fourth-order valence-corrected chi connectivity index (χ4v) is 1.77. The Labute approximate surface area is 106 Å². The molecule has 18 heavy (non-hydrogen) atoms. The van der Waals surface area contributed by atoms with Gasteiger partial charge in [0.05, 0.1) is 13.2 Å². The molecular weight excluding hydrogens is 230 g/mol. The lowest BCUT2D eigenvalue weighted by molar-refractivity contribution is 0.242. The van der Waals surface area contributed by atoms with Crippen molar-refractivity contribution in [1.82, 2.24) is 5.32 Å². The summed E-state index contributed by atoms with van der Waals surface area (Å²) in [6, 6.07) is 11.4. The summed E-state index contributed by atoms with van der Waals surface area (Å²) >= 11 is 0. The smallest absolute Gasteiger partial charge is 0.129 e. The average Bonchev–Trinajstić information content (AvgIpc) is 2.87. The van der Waals surface area contributed by atoms with E-state index in [1.807, 2.05) is 30.3 Å². The summed E-state index contributed by atoms with van der Waals surface area (Å²) in [5, 5.41) is 21.2. The standard InChI is InChI=1S/C14H17NO3/c16-9-12-3-1-2-11(6-12)7-15-8-13-4-5-14(10-17)18-13/h1-6,15-17H,7-10H2. The van der Waals surface area contributed by atoms with Crippen LogP contribution in [0.5, 0.6) is 0 Å². The zero-order valence-electron chi connectivity index (χ0n) is 10.1. The minimum atomic E-state index is -0.0709. The van der Waals surface area contributed by atoms with E-state index in [1.54, 1.807) is 6.07 Å². The Morgan fingerprint density at radius 1 is 0.889 bits per heavy atom. The quantitative estimate of drug-likeness (QED) is 0.724. The highest BCUT2D eigenvalue weighted by molar-refractivity contribution is 5.22. The van der Waals surface area contributed by atoms with Crippen LogP contribution < -0.4 is 5.32 Å². The van der Waals surface area contributed by atoms with Crippen molar-refractivity contribution in [3.8, 4) is 0 Å². The summed E-state index contributed by atoms with van der Waals surface area (Å²) in [5.74, 6) is 1.38. The van der Waals surface area contributed by atoms with Crippen molar-refractivity contribution in [1.29, 1.82) is 0 Å². The van der Waals surface area contributed by atoms with E-state index in [0.717, 1.165) is 16.9 Å². The van der Waals surface area contributed by atoms with Crippen LogP contribution in [-0.2, 0) is 26.3 Å². The number of hydrogen-bond acceptors (Lipinski definition) is 4. The first kappa shape index (κ1) is 12.8. The molecule has 0 aliphatic rings. The van der Waals surface area contributed by atoms with Crippen molar-refractivity contribution < 1.29 is 14.6 Å². The number of nitrogens with one attached hydrogen (secondary N) is 1. The number of benzene rings is 1. The molecule has 0 fully saturated rings. The summed E-state index contributed by atoms with van der Waals surface area (Å²) in [6.45, 7) is 1.32. The van der Waals surface area contributed by atoms with Crippen LogP contribution in [-0.4, -0.2) is 10.2 Å². The Kier molecular flexibility index (Phi) is 4.52. The lowest BCUT2D eigenvalue weighted by Crippen LogP contribution is -2.12. The molecule has 4 heteroatoms. The van der Waals surface area contributed by atoms with Crippen molar-refractivity contribution in [2.45, 2.75) is 26.3 Å². The van der Waals surface area contributed by atoms with E-state index in [-0.39, 0.29) is 13.2 Å². The second-order valence-corrected chi connectivity index (χ2v) is 4.11. The Balaban J connectivity index is 1.84. The molecule has 1 aromatic carbocycles. The first-order valence-corrected chi connectivity index (χ1v) is 5.89. The van der Waals surface area contributed by atoms with Crippen LogP contribution in [0.15, 0.2) is 40.8 Å². The topological polar surface area (TPSA) is 65.6 Å². The molecule has 1 heterocycles. The van der Waals surface area contributed by atoms with Gasteiger partial charge in [-0.25, -0.2) is 0 Å². The Morgan fingerprint density at radius 2 is 1.67 bits per heavy atom. The molecule has 0 aliphatic carbocycles. The first-order chi connectivity index (χ1) is 8.81. The third kappa shape index (κ3) is 3.43. The molecular formula is C14H17NO3. The number of aliphatic hydroxyl groups is 2. The molecule has 0 radical (unpaired) electrons. The van der Waals surface area contributed by atoms with Crippen LogP contribution in [0, 0.1) is 0 Å². The highest BCUT2D eigenvalue weighted by Gasteiger charge is 2.01. The summed E-state index contributed by atoms with van der Waals surface area (Å²) in [7, 11) is 0. The molecule has 2 rings (SSSR count). The van der Waals surface area contributed by atoms with Crippen LogP contribution >= 0.6 is 0 Å². The molecule has 0 saturated carbocycles.